The third-order valence-corrected chi connectivity index (χ3v) is 5.47. The highest BCUT2D eigenvalue weighted by Gasteiger charge is 2.44. The summed E-state index contributed by atoms with van der Waals surface area (Å²) in [7, 11) is 0. The molecule has 1 aliphatic heterocycles. The Hall–Kier alpha value is -1.70. The molecule has 1 heterocycles. The molecule has 1 aromatic rings. The van der Waals surface area contributed by atoms with Crippen LogP contribution in [0, 0.1) is 5.82 Å². The van der Waals surface area contributed by atoms with Crippen molar-refractivity contribution in [2.75, 3.05) is 52.5 Å². The predicted octanol–water partition coefficient (Wildman–Crippen LogP) is 1.50. The maximum Gasteiger partial charge on any atom is 0.191 e. The number of guanidine groups is 1. The maximum absolute atomic E-state index is 13.6. The molecular formula is C21H33FN4O2. The van der Waals surface area contributed by atoms with Crippen LogP contribution < -0.4 is 10.6 Å². The van der Waals surface area contributed by atoms with E-state index in [-0.39, 0.29) is 11.2 Å². The van der Waals surface area contributed by atoms with E-state index in [2.05, 4.69) is 20.5 Å². The van der Waals surface area contributed by atoms with E-state index in [0.29, 0.717) is 38.8 Å². The molecule has 1 unspecified atom stereocenters. The fourth-order valence-electron chi connectivity index (χ4n) is 3.67. The van der Waals surface area contributed by atoms with Gasteiger partial charge in [0.25, 0.3) is 0 Å². The second kappa shape index (κ2) is 9.20. The molecule has 0 bridgehead atoms. The third-order valence-electron chi connectivity index (χ3n) is 5.47. The van der Waals surface area contributed by atoms with Crippen molar-refractivity contribution in [1.82, 2.24) is 15.5 Å². The molecular weight excluding hydrogens is 359 g/mol. The Kier molecular flexibility index (Phi) is 6.91. The van der Waals surface area contributed by atoms with E-state index in [1.165, 1.54) is 6.07 Å². The number of nitrogens with one attached hydrogen (secondary N) is 2. The van der Waals surface area contributed by atoms with E-state index >= 15 is 0 Å². The fourth-order valence-corrected chi connectivity index (χ4v) is 3.67. The number of aliphatic imine (C=N–C) groups is 1. The van der Waals surface area contributed by atoms with E-state index in [1.807, 2.05) is 19.9 Å². The van der Waals surface area contributed by atoms with Crippen molar-refractivity contribution in [2.45, 2.75) is 37.7 Å². The molecule has 7 heteroatoms. The third kappa shape index (κ3) is 5.90. The van der Waals surface area contributed by atoms with Crippen LogP contribution in [-0.4, -0.2) is 74.0 Å². The quantitative estimate of drug-likeness (QED) is 0.462. The van der Waals surface area contributed by atoms with Gasteiger partial charge in [0.2, 0.25) is 0 Å². The fraction of sp³-hybridized carbons (Fsp3) is 0.667. The summed E-state index contributed by atoms with van der Waals surface area (Å²) in [6, 6.07) is 6.88. The van der Waals surface area contributed by atoms with Crippen LogP contribution in [0.4, 0.5) is 4.39 Å². The standard InChI is InChI=1S/C21H33FN4O2/c1-3-23-19(24-14-20(2,27)16-26-9-11-28-12-10-26)25-15-21(7-8-21)17-5-4-6-18(22)13-17/h4-6,13,27H,3,7-12,14-16H2,1-2H3,(H2,23,24,25). The molecule has 0 spiro atoms. The van der Waals surface area contributed by atoms with Gasteiger partial charge < -0.3 is 20.5 Å². The highest BCUT2D eigenvalue weighted by molar-refractivity contribution is 5.80. The molecule has 2 aliphatic rings. The Bertz CT molecular complexity index is 670. The summed E-state index contributed by atoms with van der Waals surface area (Å²) < 4.78 is 19.0. The first-order valence-electron chi connectivity index (χ1n) is 10.2. The van der Waals surface area contributed by atoms with Crippen LogP contribution in [0.2, 0.25) is 0 Å². The van der Waals surface area contributed by atoms with Crippen LogP contribution in [0.3, 0.4) is 0 Å². The minimum absolute atomic E-state index is 0.0192. The van der Waals surface area contributed by atoms with Crippen LogP contribution in [0.25, 0.3) is 0 Å². The maximum atomic E-state index is 13.6. The average molecular weight is 393 g/mol. The van der Waals surface area contributed by atoms with Gasteiger partial charge in [-0.25, -0.2) is 4.39 Å². The second-order valence-corrected chi connectivity index (χ2v) is 8.22. The molecule has 2 fully saturated rings. The molecule has 156 valence electrons. The lowest BCUT2D eigenvalue weighted by Crippen LogP contribution is -2.48. The first-order chi connectivity index (χ1) is 13.4. The lowest BCUT2D eigenvalue weighted by molar-refractivity contribution is -0.0179. The van der Waals surface area contributed by atoms with Gasteiger partial charge in [-0.15, -0.1) is 0 Å². The molecule has 1 saturated heterocycles. The Labute approximate surface area is 167 Å². The number of aliphatic hydroxyl groups is 1. The SMILES string of the molecule is CCNC(=NCC(C)(O)CN1CCOCC1)NCC1(c2cccc(F)c2)CC1. The average Bonchev–Trinajstić information content (AvgIpc) is 3.46. The normalized spacial score (nSPS) is 21.8. The zero-order valence-corrected chi connectivity index (χ0v) is 17.0. The van der Waals surface area contributed by atoms with Gasteiger partial charge in [-0.2, -0.15) is 0 Å². The van der Waals surface area contributed by atoms with Crippen molar-refractivity contribution >= 4 is 5.96 Å². The molecule has 1 aromatic carbocycles. The number of halogens is 1. The monoisotopic (exact) mass is 392 g/mol. The van der Waals surface area contributed by atoms with Gasteiger partial charge in [0.15, 0.2) is 5.96 Å². The number of morpholine rings is 1. The van der Waals surface area contributed by atoms with Crippen molar-refractivity contribution < 1.29 is 14.2 Å². The smallest absolute Gasteiger partial charge is 0.191 e. The summed E-state index contributed by atoms with van der Waals surface area (Å²) in [6.45, 7) is 9.28. The molecule has 0 amide bonds. The number of hydrogen-bond donors (Lipinski definition) is 3. The minimum atomic E-state index is -0.903. The predicted molar refractivity (Wildman–Crippen MR) is 109 cm³/mol. The number of ether oxygens (including phenoxy) is 1. The van der Waals surface area contributed by atoms with Crippen molar-refractivity contribution in [3.63, 3.8) is 0 Å². The van der Waals surface area contributed by atoms with Gasteiger partial charge in [-0.05, 0) is 44.4 Å². The van der Waals surface area contributed by atoms with Crippen LogP contribution in [0.1, 0.15) is 32.3 Å². The number of nitrogens with zero attached hydrogens (tertiary/aromatic N) is 2. The summed E-state index contributed by atoms with van der Waals surface area (Å²) in [4.78, 5) is 6.82. The van der Waals surface area contributed by atoms with Gasteiger partial charge in [-0.3, -0.25) is 9.89 Å². The van der Waals surface area contributed by atoms with E-state index in [1.54, 1.807) is 12.1 Å². The zero-order valence-electron chi connectivity index (χ0n) is 17.0. The minimum Gasteiger partial charge on any atom is -0.387 e. The van der Waals surface area contributed by atoms with E-state index < -0.39 is 5.60 Å². The van der Waals surface area contributed by atoms with Crippen molar-refractivity contribution in [3.05, 3.63) is 35.6 Å². The molecule has 0 aromatic heterocycles. The van der Waals surface area contributed by atoms with Gasteiger partial charge in [0, 0.05) is 38.1 Å². The first-order valence-corrected chi connectivity index (χ1v) is 10.2. The first kappa shape index (κ1) is 21.0. The highest BCUT2D eigenvalue weighted by atomic mass is 19.1. The molecule has 6 nitrogen and oxygen atoms in total. The Balaban J connectivity index is 1.56. The van der Waals surface area contributed by atoms with Crippen molar-refractivity contribution in [2.24, 2.45) is 4.99 Å². The molecule has 3 N–H and O–H groups in total. The Morgan fingerprint density at radius 2 is 2.07 bits per heavy atom. The Morgan fingerprint density at radius 3 is 2.71 bits per heavy atom. The second-order valence-electron chi connectivity index (χ2n) is 8.22. The van der Waals surface area contributed by atoms with Crippen LogP contribution >= 0.6 is 0 Å². The van der Waals surface area contributed by atoms with Gasteiger partial charge in [0.05, 0.1) is 25.4 Å². The molecule has 1 aliphatic carbocycles. The van der Waals surface area contributed by atoms with E-state index in [4.69, 9.17) is 4.74 Å². The van der Waals surface area contributed by atoms with Crippen LogP contribution in [-0.2, 0) is 10.2 Å². The van der Waals surface area contributed by atoms with Crippen LogP contribution in [0.15, 0.2) is 29.3 Å². The van der Waals surface area contributed by atoms with E-state index in [9.17, 15) is 9.50 Å². The molecule has 0 radical (unpaired) electrons. The Morgan fingerprint density at radius 1 is 1.32 bits per heavy atom. The largest absolute Gasteiger partial charge is 0.387 e. The lowest BCUT2D eigenvalue weighted by Gasteiger charge is -2.33. The number of β-amino-alcohol motifs (C(OH)–C–C–N with tert-alkyl or cyclic N) is 1. The van der Waals surface area contributed by atoms with Crippen LogP contribution in [0.5, 0.6) is 0 Å². The molecule has 1 saturated carbocycles. The topological polar surface area (TPSA) is 69.1 Å². The molecule has 3 rings (SSSR count). The summed E-state index contributed by atoms with van der Waals surface area (Å²) in [6.07, 6.45) is 2.08. The van der Waals surface area contributed by atoms with Gasteiger partial charge in [0.1, 0.15) is 5.82 Å². The van der Waals surface area contributed by atoms with Gasteiger partial charge in [-0.1, -0.05) is 12.1 Å². The van der Waals surface area contributed by atoms with Gasteiger partial charge >= 0.3 is 0 Å². The lowest BCUT2D eigenvalue weighted by atomic mass is 9.96. The number of rotatable bonds is 8. The summed E-state index contributed by atoms with van der Waals surface area (Å²) >= 11 is 0. The molecule has 1 atom stereocenters. The summed E-state index contributed by atoms with van der Waals surface area (Å²) in [5.41, 5.74) is 0.115. The van der Waals surface area contributed by atoms with Crippen molar-refractivity contribution in [1.29, 1.82) is 0 Å². The summed E-state index contributed by atoms with van der Waals surface area (Å²) in [5.74, 6) is 0.496. The van der Waals surface area contributed by atoms with E-state index in [0.717, 1.165) is 38.0 Å². The zero-order chi connectivity index (χ0) is 20.0. The highest BCUT2D eigenvalue weighted by Crippen LogP contribution is 2.47. The number of hydrogen-bond acceptors (Lipinski definition) is 4. The van der Waals surface area contributed by atoms with Crippen molar-refractivity contribution in [3.8, 4) is 0 Å². The molecule has 28 heavy (non-hydrogen) atoms. The number of benzene rings is 1. The summed E-state index contributed by atoms with van der Waals surface area (Å²) in [5, 5.41) is 17.4.